The van der Waals surface area contributed by atoms with Crippen molar-refractivity contribution >= 4 is 51.9 Å². The molecule has 76 heavy (non-hydrogen) atoms. The number of esters is 1. The number of anilines is 3. The first kappa shape index (κ1) is 47.9. The summed E-state index contributed by atoms with van der Waals surface area (Å²) in [6.07, 6.45) is -0.925. The number of fused-ring (bicyclic) bond motifs is 4. The van der Waals surface area contributed by atoms with Crippen molar-refractivity contribution in [1.29, 1.82) is 0 Å². The highest BCUT2D eigenvalue weighted by atomic mass is 16.6. The lowest BCUT2D eigenvalue weighted by atomic mass is 9.65. The van der Waals surface area contributed by atoms with Crippen LogP contribution in [0.3, 0.4) is 0 Å². The Bertz CT molecular complexity index is 3540. The maximum atomic E-state index is 16.8. The molecule has 1 spiro atoms. The number of aromatic nitrogens is 3. The van der Waals surface area contributed by atoms with Crippen LogP contribution < -0.4 is 20.4 Å². The molecule has 0 bridgehead atoms. The Labute approximate surface area is 438 Å². The van der Waals surface area contributed by atoms with Gasteiger partial charge in [0.2, 0.25) is 11.8 Å². The van der Waals surface area contributed by atoms with Crippen LogP contribution in [0.1, 0.15) is 64.5 Å². The minimum Gasteiger partial charge on any atom is -0.508 e. The summed E-state index contributed by atoms with van der Waals surface area (Å²) in [4.78, 5) is 69.1. The van der Waals surface area contributed by atoms with Gasteiger partial charge in [0.25, 0.3) is 0 Å². The van der Waals surface area contributed by atoms with Crippen molar-refractivity contribution in [3.05, 3.63) is 215 Å². The molecule has 3 fully saturated rings. The van der Waals surface area contributed by atoms with Gasteiger partial charge in [0.15, 0.2) is 0 Å². The molecule has 0 aliphatic carbocycles. The highest BCUT2D eigenvalue weighted by Gasteiger charge is 2.75. The van der Waals surface area contributed by atoms with E-state index in [1.54, 1.807) is 47.1 Å². The minimum atomic E-state index is -2.06. The summed E-state index contributed by atoms with van der Waals surface area (Å²) >= 11 is 0. The summed E-state index contributed by atoms with van der Waals surface area (Å²) in [5, 5.41) is 25.7. The van der Waals surface area contributed by atoms with Gasteiger partial charge in [-0.25, -0.2) is 14.4 Å². The average Bonchev–Trinajstić information content (AvgIpc) is 4.21. The number of morpholine rings is 2. The number of hydrogen-bond donors (Lipinski definition) is 3. The predicted octanol–water partition coefficient (Wildman–Crippen LogP) is 8.80. The number of carbonyl (C=O) groups is 4. The normalized spacial score (nSPS) is 22.3. The van der Waals surface area contributed by atoms with Crippen molar-refractivity contribution in [3.63, 3.8) is 0 Å². The van der Waals surface area contributed by atoms with Gasteiger partial charge in [-0.2, -0.15) is 0 Å². The highest BCUT2D eigenvalue weighted by molar-refractivity contribution is 6.25. The molecule has 5 heterocycles. The van der Waals surface area contributed by atoms with Crippen molar-refractivity contribution in [3.8, 4) is 17.6 Å². The van der Waals surface area contributed by atoms with Gasteiger partial charge >= 0.3 is 12.0 Å². The topological polar surface area (TPSA) is 171 Å². The molecule has 15 nitrogen and oxygen atoms in total. The van der Waals surface area contributed by atoms with Gasteiger partial charge in [0.1, 0.15) is 35.4 Å². The van der Waals surface area contributed by atoms with Crippen LogP contribution in [0.2, 0.25) is 0 Å². The fourth-order valence-corrected chi connectivity index (χ4v) is 11.8. The van der Waals surface area contributed by atoms with E-state index in [1.807, 2.05) is 139 Å². The van der Waals surface area contributed by atoms with Crippen molar-refractivity contribution in [2.45, 2.75) is 49.2 Å². The predicted molar refractivity (Wildman–Crippen MR) is 286 cm³/mol. The zero-order valence-electron chi connectivity index (χ0n) is 41.4. The maximum absolute atomic E-state index is 16.8. The molecule has 0 unspecified atom stereocenters. The van der Waals surface area contributed by atoms with Crippen LogP contribution >= 0.6 is 0 Å². The minimum absolute atomic E-state index is 0.0336. The number of carbonyl (C=O) groups excluding carboxylic acids is 4. The number of cyclic esters (lactones) is 1. The molecule has 3 N–H and O–H groups in total. The van der Waals surface area contributed by atoms with E-state index in [4.69, 9.17) is 9.47 Å². The molecule has 4 aliphatic heterocycles. The second kappa shape index (κ2) is 20.0. The number of amides is 4. The molecule has 3 saturated heterocycles. The number of nitrogens with one attached hydrogen (secondary N) is 2. The number of ether oxygens (including phenoxy) is 2. The summed E-state index contributed by atoms with van der Waals surface area (Å²) in [6.45, 7) is 4.62. The maximum Gasteiger partial charge on any atom is 0.329 e. The number of aromatic hydroxyl groups is 1. The third-order valence-electron chi connectivity index (χ3n) is 15.2. The van der Waals surface area contributed by atoms with Crippen LogP contribution in [-0.4, -0.2) is 81.2 Å². The van der Waals surface area contributed by atoms with Crippen LogP contribution in [0.4, 0.5) is 21.9 Å². The largest absolute Gasteiger partial charge is 0.508 e. The van der Waals surface area contributed by atoms with Crippen molar-refractivity contribution in [2.24, 2.45) is 5.92 Å². The Balaban J connectivity index is 1.08. The summed E-state index contributed by atoms with van der Waals surface area (Å²) in [5.41, 5.74) is 4.61. The van der Waals surface area contributed by atoms with Crippen LogP contribution in [0, 0.1) is 17.8 Å². The third-order valence-corrected chi connectivity index (χ3v) is 15.2. The van der Waals surface area contributed by atoms with Gasteiger partial charge in [-0.05, 0) is 101 Å². The number of urea groups is 1. The van der Waals surface area contributed by atoms with Crippen LogP contribution in [0.15, 0.2) is 182 Å². The number of imide groups is 1. The lowest BCUT2D eigenvalue weighted by Gasteiger charge is -2.46. The number of phenolic OH excluding ortho intramolecular Hbond substituents is 1. The lowest BCUT2D eigenvalue weighted by molar-refractivity contribution is -0.177. The highest BCUT2D eigenvalue weighted by Crippen LogP contribution is 2.66. The molecule has 0 saturated carbocycles. The van der Waals surface area contributed by atoms with Gasteiger partial charge < -0.3 is 30.1 Å². The number of benzene rings is 7. The Hall–Kier alpha value is -9.10. The number of phenols is 1. The Kier molecular flexibility index (Phi) is 12.6. The zero-order chi connectivity index (χ0) is 51.9. The number of nitrogens with zero attached hydrogens (tertiary/aromatic N) is 6. The van der Waals surface area contributed by atoms with Gasteiger partial charge in [0.05, 0.1) is 48.5 Å². The first-order chi connectivity index (χ1) is 37.2. The monoisotopic (exact) mass is 1010 g/mol. The van der Waals surface area contributed by atoms with E-state index < -0.39 is 65.4 Å². The standard InChI is InChI=1S/C61H52N8O7/c1-39(41-15-5-2-6-16-41)62-60(74)68-50-32-23-40(14-13-33-67-51-22-12-11-21-49(51)64-65-67)38-48(50)61(59(68)73)52(57(71)63-45-26-28-46(29-27-45)66-34-36-75-37-35-66)54-58(72)76-55(43-19-9-4-10-20-43)53(42-17-7-3-8-18-42)69(54)56(61)44-24-30-47(70)31-25-44/h2-12,15-32,38-39,52-56,70H,33-37H2,1H3,(H,62,74)(H,63,71)/t39-,52-,53-,54-,55+,56+,61-/m1/s1. The van der Waals surface area contributed by atoms with Crippen LogP contribution in [0.25, 0.3) is 11.0 Å². The average molecular weight is 1010 g/mol. The number of para-hydroxylation sites is 1. The Morgan fingerprint density at radius 3 is 2.16 bits per heavy atom. The molecule has 7 aromatic carbocycles. The Morgan fingerprint density at radius 1 is 0.763 bits per heavy atom. The van der Waals surface area contributed by atoms with Crippen molar-refractivity contribution in [1.82, 2.24) is 25.2 Å². The molecule has 7 atom stereocenters. The van der Waals surface area contributed by atoms with Gasteiger partial charge in [0, 0.05) is 30.0 Å². The fourth-order valence-electron chi connectivity index (χ4n) is 11.8. The molecule has 0 radical (unpaired) electrons. The number of hydrogen-bond acceptors (Lipinski definition) is 11. The third kappa shape index (κ3) is 8.37. The molecule has 1 aromatic heterocycles. The number of rotatable bonds is 9. The van der Waals surface area contributed by atoms with Crippen LogP contribution in [0.5, 0.6) is 5.75 Å². The molecule has 378 valence electrons. The summed E-state index contributed by atoms with van der Waals surface area (Å²) in [5.74, 6) is 2.84. The molecular weight excluding hydrogens is 957 g/mol. The van der Waals surface area contributed by atoms with E-state index in [9.17, 15) is 5.11 Å². The van der Waals surface area contributed by atoms with E-state index in [1.165, 1.54) is 12.1 Å². The summed E-state index contributed by atoms with van der Waals surface area (Å²) < 4.78 is 14.0. The van der Waals surface area contributed by atoms with Crippen molar-refractivity contribution < 1.29 is 33.8 Å². The molecule has 15 heteroatoms. The molecule has 8 aromatic rings. The molecule has 12 rings (SSSR count). The molecule has 4 amide bonds. The second-order valence-corrected chi connectivity index (χ2v) is 19.5. The van der Waals surface area contributed by atoms with Gasteiger partial charge in [-0.15, -0.1) is 5.10 Å². The lowest BCUT2D eigenvalue weighted by Crippen LogP contribution is -2.55. The quantitative estimate of drug-likeness (QED) is 0.0933. The molecular formula is C61H52N8O7. The van der Waals surface area contributed by atoms with Gasteiger partial charge in [-0.1, -0.05) is 132 Å². The summed E-state index contributed by atoms with van der Waals surface area (Å²) in [7, 11) is 0. The molecule has 4 aliphatic rings. The van der Waals surface area contributed by atoms with E-state index in [0.717, 1.165) is 32.7 Å². The zero-order valence-corrected chi connectivity index (χ0v) is 41.4. The Morgan fingerprint density at radius 2 is 1.43 bits per heavy atom. The smallest absolute Gasteiger partial charge is 0.329 e. The van der Waals surface area contributed by atoms with E-state index >= 15 is 19.2 Å². The van der Waals surface area contributed by atoms with E-state index in [-0.39, 0.29) is 18.0 Å². The fraction of sp³-hybridized carbons (Fsp3) is 0.213. The second-order valence-electron chi connectivity index (χ2n) is 19.5. The van der Waals surface area contributed by atoms with E-state index in [2.05, 4.69) is 37.7 Å². The first-order valence-electron chi connectivity index (χ1n) is 25.4. The SMILES string of the molecule is C[C@@H](NC(=O)N1C(=O)[C@@]2(c3cc(C#CCn4nnc5ccccc54)ccc31)[C@H](c1ccc(O)cc1)N1[C@H](c3ccccc3)[C@H](c3ccccc3)OC(=O)[C@H]1[C@@H]2C(=O)Nc1ccc(N2CCOCC2)cc1)c1ccccc1. The van der Waals surface area contributed by atoms with Crippen LogP contribution in [-0.2, 0) is 35.8 Å². The first-order valence-corrected chi connectivity index (χ1v) is 25.4. The van der Waals surface area contributed by atoms with Gasteiger partial charge in [-0.3, -0.25) is 19.3 Å². The van der Waals surface area contributed by atoms with E-state index in [0.29, 0.717) is 54.2 Å². The summed E-state index contributed by atoms with van der Waals surface area (Å²) in [6, 6.07) is 50.5. The van der Waals surface area contributed by atoms with Crippen molar-refractivity contribution in [2.75, 3.05) is 41.4 Å².